The SMILES string of the molecule is Cc1cccc2c1CC(Cc1ccc(C(=O)O)cc1)C(=O)N2Cc1ccc(C#N)cc1. The predicted molar refractivity (Wildman–Crippen MR) is 118 cm³/mol. The van der Waals surface area contributed by atoms with Crippen molar-refractivity contribution in [3.8, 4) is 6.07 Å². The molecule has 0 bridgehead atoms. The van der Waals surface area contributed by atoms with Gasteiger partial charge in [0.05, 0.1) is 23.7 Å². The van der Waals surface area contributed by atoms with Crippen LogP contribution in [0.4, 0.5) is 5.69 Å². The first kappa shape index (κ1) is 20.4. The smallest absolute Gasteiger partial charge is 0.335 e. The third-order valence-corrected chi connectivity index (χ3v) is 5.85. The van der Waals surface area contributed by atoms with Crippen molar-refractivity contribution in [1.29, 1.82) is 5.26 Å². The van der Waals surface area contributed by atoms with E-state index >= 15 is 0 Å². The van der Waals surface area contributed by atoms with Crippen molar-refractivity contribution in [3.05, 3.63) is 100 Å². The van der Waals surface area contributed by atoms with Gasteiger partial charge in [-0.25, -0.2) is 4.79 Å². The molecule has 1 N–H and O–H groups in total. The van der Waals surface area contributed by atoms with E-state index in [0.717, 1.165) is 22.4 Å². The van der Waals surface area contributed by atoms with Crippen LogP contribution in [0.15, 0.2) is 66.7 Å². The standard InChI is InChI=1S/C26H22N2O3/c1-17-3-2-4-24-23(17)14-22(13-18-9-11-21(12-10-18)26(30)31)25(29)28(24)16-20-7-5-19(15-27)6-8-20/h2-12,22H,13-14,16H2,1H3,(H,30,31). The van der Waals surface area contributed by atoms with E-state index in [9.17, 15) is 9.59 Å². The highest BCUT2D eigenvalue weighted by molar-refractivity contribution is 5.98. The summed E-state index contributed by atoms with van der Waals surface area (Å²) in [7, 11) is 0. The van der Waals surface area contributed by atoms with Crippen LogP contribution in [-0.4, -0.2) is 17.0 Å². The fraction of sp³-hybridized carbons (Fsp3) is 0.192. The third kappa shape index (κ3) is 4.19. The number of aromatic carboxylic acids is 1. The molecule has 1 atom stereocenters. The van der Waals surface area contributed by atoms with Crippen molar-refractivity contribution in [2.45, 2.75) is 26.3 Å². The van der Waals surface area contributed by atoms with Crippen molar-refractivity contribution in [2.24, 2.45) is 5.92 Å². The molecule has 0 saturated heterocycles. The van der Waals surface area contributed by atoms with Crippen LogP contribution in [0.5, 0.6) is 0 Å². The fourth-order valence-corrected chi connectivity index (χ4v) is 4.14. The predicted octanol–water partition coefficient (Wildman–Crippen LogP) is 4.51. The van der Waals surface area contributed by atoms with Crippen molar-refractivity contribution >= 4 is 17.6 Å². The molecule has 4 rings (SSSR count). The number of nitriles is 1. The Morgan fingerprint density at radius 1 is 1.06 bits per heavy atom. The molecule has 0 fully saturated rings. The molecule has 1 aliphatic heterocycles. The molecule has 31 heavy (non-hydrogen) atoms. The number of fused-ring (bicyclic) bond motifs is 1. The number of benzene rings is 3. The van der Waals surface area contributed by atoms with E-state index in [1.54, 1.807) is 36.4 Å². The normalized spacial score (nSPS) is 15.3. The number of carbonyl (C=O) groups excluding carboxylic acids is 1. The summed E-state index contributed by atoms with van der Waals surface area (Å²) in [4.78, 5) is 26.4. The molecule has 154 valence electrons. The van der Waals surface area contributed by atoms with E-state index in [1.165, 1.54) is 5.56 Å². The van der Waals surface area contributed by atoms with Gasteiger partial charge in [-0.1, -0.05) is 36.4 Å². The Morgan fingerprint density at radius 2 is 1.74 bits per heavy atom. The third-order valence-electron chi connectivity index (χ3n) is 5.85. The highest BCUT2D eigenvalue weighted by Crippen LogP contribution is 2.35. The number of carboxylic acid groups (broad SMARTS) is 1. The molecule has 0 aromatic heterocycles. The topological polar surface area (TPSA) is 81.4 Å². The van der Waals surface area contributed by atoms with Crippen molar-refractivity contribution in [1.82, 2.24) is 0 Å². The van der Waals surface area contributed by atoms with Crippen LogP contribution in [0.2, 0.25) is 0 Å². The number of amides is 1. The second kappa shape index (κ2) is 8.45. The summed E-state index contributed by atoms with van der Waals surface area (Å²) in [5.41, 5.74) is 6.00. The van der Waals surface area contributed by atoms with Gasteiger partial charge in [0.25, 0.3) is 0 Å². The minimum absolute atomic E-state index is 0.0600. The Kier molecular flexibility index (Phi) is 5.55. The molecular weight excluding hydrogens is 388 g/mol. The number of aryl methyl sites for hydroxylation is 1. The summed E-state index contributed by atoms with van der Waals surface area (Å²) in [6.07, 6.45) is 1.21. The molecule has 1 amide bonds. The van der Waals surface area contributed by atoms with Gasteiger partial charge >= 0.3 is 5.97 Å². The zero-order chi connectivity index (χ0) is 22.0. The molecule has 1 aliphatic rings. The summed E-state index contributed by atoms with van der Waals surface area (Å²) in [5.74, 6) is -1.12. The maximum absolute atomic E-state index is 13.5. The monoisotopic (exact) mass is 410 g/mol. The highest BCUT2D eigenvalue weighted by atomic mass is 16.4. The van der Waals surface area contributed by atoms with Gasteiger partial charge in [0, 0.05) is 11.6 Å². The number of hydrogen-bond donors (Lipinski definition) is 1. The average Bonchev–Trinajstić information content (AvgIpc) is 2.78. The number of anilines is 1. The number of carbonyl (C=O) groups is 2. The molecular formula is C26H22N2O3. The van der Waals surface area contributed by atoms with E-state index in [2.05, 4.69) is 19.1 Å². The number of hydrogen-bond acceptors (Lipinski definition) is 3. The largest absolute Gasteiger partial charge is 0.478 e. The number of rotatable bonds is 5. The summed E-state index contributed by atoms with van der Waals surface area (Å²) < 4.78 is 0. The van der Waals surface area contributed by atoms with Crippen LogP contribution in [0.25, 0.3) is 0 Å². The summed E-state index contributed by atoms with van der Waals surface area (Å²) in [5, 5.41) is 18.1. The Labute approximate surface area is 181 Å². The Balaban J connectivity index is 1.64. The van der Waals surface area contributed by atoms with E-state index < -0.39 is 5.97 Å². The molecule has 0 aliphatic carbocycles. The van der Waals surface area contributed by atoms with Crippen LogP contribution in [0, 0.1) is 24.2 Å². The van der Waals surface area contributed by atoms with Gasteiger partial charge in [-0.05, 0) is 72.4 Å². The highest BCUT2D eigenvalue weighted by Gasteiger charge is 2.33. The minimum Gasteiger partial charge on any atom is -0.478 e. The Bertz CT molecular complexity index is 1170. The molecule has 3 aromatic rings. The van der Waals surface area contributed by atoms with Crippen molar-refractivity contribution in [3.63, 3.8) is 0 Å². The van der Waals surface area contributed by atoms with Crippen molar-refractivity contribution < 1.29 is 14.7 Å². The van der Waals surface area contributed by atoms with Crippen LogP contribution < -0.4 is 4.90 Å². The molecule has 0 saturated carbocycles. The first-order valence-corrected chi connectivity index (χ1v) is 10.2. The van der Waals surface area contributed by atoms with Gasteiger partial charge in [0.15, 0.2) is 0 Å². The molecule has 0 radical (unpaired) electrons. The lowest BCUT2D eigenvalue weighted by molar-refractivity contribution is -0.123. The summed E-state index contributed by atoms with van der Waals surface area (Å²) in [6.45, 7) is 2.50. The average molecular weight is 410 g/mol. The van der Waals surface area contributed by atoms with Crippen LogP contribution in [0.3, 0.4) is 0 Å². The molecule has 0 spiro atoms. The van der Waals surface area contributed by atoms with E-state index in [1.807, 2.05) is 29.2 Å². The molecule has 3 aromatic carbocycles. The Hall–Kier alpha value is -3.91. The van der Waals surface area contributed by atoms with E-state index in [0.29, 0.717) is 24.9 Å². The lowest BCUT2D eigenvalue weighted by Crippen LogP contribution is -2.42. The van der Waals surface area contributed by atoms with Gasteiger partial charge in [-0.15, -0.1) is 0 Å². The van der Waals surface area contributed by atoms with Gasteiger partial charge in [-0.2, -0.15) is 5.26 Å². The zero-order valence-electron chi connectivity index (χ0n) is 17.2. The lowest BCUT2D eigenvalue weighted by atomic mass is 9.85. The van der Waals surface area contributed by atoms with Crippen LogP contribution in [-0.2, 0) is 24.2 Å². The summed E-state index contributed by atoms with van der Waals surface area (Å²) in [6, 6.07) is 22.2. The maximum atomic E-state index is 13.5. The van der Waals surface area contributed by atoms with E-state index in [4.69, 9.17) is 10.4 Å². The minimum atomic E-state index is -0.960. The van der Waals surface area contributed by atoms with Gasteiger partial charge in [-0.3, -0.25) is 4.79 Å². The summed E-state index contributed by atoms with van der Waals surface area (Å²) >= 11 is 0. The molecule has 5 heteroatoms. The molecule has 1 unspecified atom stereocenters. The quantitative estimate of drug-likeness (QED) is 0.671. The molecule has 5 nitrogen and oxygen atoms in total. The van der Waals surface area contributed by atoms with E-state index in [-0.39, 0.29) is 17.4 Å². The zero-order valence-corrected chi connectivity index (χ0v) is 17.2. The first-order valence-electron chi connectivity index (χ1n) is 10.2. The molecule has 1 heterocycles. The van der Waals surface area contributed by atoms with Crippen LogP contribution >= 0.6 is 0 Å². The Morgan fingerprint density at radius 3 is 2.39 bits per heavy atom. The van der Waals surface area contributed by atoms with Gasteiger partial charge in [0.1, 0.15) is 0 Å². The maximum Gasteiger partial charge on any atom is 0.335 e. The lowest BCUT2D eigenvalue weighted by Gasteiger charge is -2.35. The second-order valence-corrected chi connectivity index (χ2v) is 7.91. The van der Waals surface area contributed by atoms with Crippen LogP contribution in [0.1, 0.15) is 38.2 Å². The van der Waals surface area contributed by atoms with Gasteiger partial charge < -0.3 is 10.0 Å². The number of carboxylic acids is 1. The fourth-order valence-electron chi connectivity index (χ4n) is 4.14. The first-order chi connectivity index (χ1) is 15.0. The number of nitrogens with zero attached hydrogens (tertiary/aromatic N) is 2. The van der Waals surface area contributed by atoms with Gasteiger partial charge in [0.2, 0.25) is 5.91 Å². The van der Waals surface area contributed by atoms with Crippen molar-refractivity contribution in [2.75, 3.05) is 4.90 Å². The second-order valence-electron chi connectivity index (χ2n) is 7.91.